The minimum Gasteiger partial charge on any atom is -0.495 e. The number of carbonyl (C=O) groups excluding carboxylic acids is 1. The Morgan fingerprint density at radius 1 is 1.00 bits per heavy atom. The maximum Gasteiger partial charge on any atom is 0.251 e. The van der Waals surface area contributed by atoms with Crippen LogP contribution in [-0.4, -0.2) is 44.2 Å². The highest BCUT2D eigenvalue weighted by atomic mass is 16.5. The van der Waals surface area contributed by atoms with Crippen LogP contribution in [0.5, 0.6) is 5.75 Å². The first-order valence-electron chi connectivity index (χ1n) is 12.5. The van der Waals surface area contributed by atoms with Crippen LogP contribution in [0.25, 0.3) is 10.9 Å². The Balaban J connectivity index is 1.41. The number of methoxy groups -OCH3 is 1. The van der Waals surface area contributed by atoms with Crippen LogP contribution >= 0.6 is 0 Å². The van der Waals surface area contributed by atoms with Crippen LogP contribution in [0.4, 0.5) is 11.4 Å². The fourth-order valence-corrected chi connectivity index (χ4v) is 4.73. The molecule has 6 heteroatoms. The molecule has 3 aromatic rings. The minimum atomic E-state index is -0.0258. The second-order valence-corrected chi connectivity index (χ2v) is 10.8. The van der Waals surface area contributed by atoms with Gasteiger partial charge in [-0.2, -0.15) is 0 Å². The molecule has 0 aliphatic heterocycles. The number of hydrogen-bond acceptors (Lipinski definition) is 5. The van der Waals surface area contributed by atoms with Gasteiger partial charge < -0.3 is 20.3 Å². The normalized spacial score (nSPS) is 18.2. The number of aromatic nitrogens is 1. The lowest BCUT2D eigenvalue weighted by molar-refractivity contribution is 0.0926. The van der Waals surface area contributed by atoms with Crippen molar-refractivity contribution in [3.63, 3.8) is 0 Å². The Bertz CT molecular complexity index is 1190. The SMILES string of the molecule is COc1ccc(C(=O)NC2CCC(Nc3cc(C(C)(C)C)nc4ccccc34)CC2)cc1N(C)C. The van der Waals surface area contributed by atoms with E-state index < -0.39 is 0 Å². The molecule has 0 unspecified atom stereocenters. The van der Waals surface area contributed by atoms with E-state index in [0.717, 1.165) is 59.4 Å². The summed E-state index contributed by atoms with van der Waals surface area (Å²) >= 11 is 0. The number of pyridine rings is 1. The smallest absolute Gasteiger partial charge is 0.251 e. The molecule has 1 heterocycles. The zero-order valence-corrected chi connectivity index (χ0v) is 21.8. The molecule has 1 amide bonds. The van der Waals surface area contributed by atoms with Gasteiger partial charge in [-0.05, 0) is 56.0 Å². The first kappa shape index (κ1) is 24.8. The Labute approximate surface area is 209 Å². The summed E-state index contributed by atoms with van der Waals surface area (Å²) in [5, 5.41) is 8.21. The molecule has 186 valence electrons. The average Bonchev–Trinajstić information content (AvgIpc) is 2.84. The van der Waals surface area contributed by atoms with Crippen molar-refractivity contribution in [2.75, 3.05) is 31.4 Å². The number of anilines is 2. The number of amides is 1. The van der Waals surface area contributed by atoms with Crippen molar-refractivity contribution in [1.82, 2.24) is 10.3 Å². The minimum absolute atomic E-state index is 0.0176. The van der Waals surface area contributed by atoms with Crippen LogP contribution in [0.15, 0.2) is 48.5 Å². The molecule has 1 aliphatic carbocycles. The lowest BCUT2D eigenvalue weighted by Crippen LogP contribution is -2.40. The third-order valence-electron chi connectivity index (χ3n) is 6.83. The van der Waals surface area contributed by atoms with E-state index in [-0.39, 0.29) is 17.4 Å². The van der Waals surface area contributed by atoms with Crippen LogP contribution in [-0.2, 0) is 5.41 Å². The fourth-order valence-electron chi connectivity index (χ4n) is 4.73. The second-order valence-electron chi connectivity index (χ2n) is 10.8. The highest BCUT2D eigenvalue weighted by molar-refractivity contribution is 5.96. The van der Waals surface area contributed by atoms with Gasteiger partial charge >= 0.3 is 0 Å². The van der Waals surface area contributed by atoms with Gasteiger partial charge in [0.1, 0.15) is 5.75 Å². The van der Waals surface area contributed by atoms with E-state index in [1.54, 1.807) is 7.11 Å². The highest BCUT2D eigenvalue weighted by Crippen LogP contribution is 2.32. The van der Waals surface area contributed by atoms with Crippen molar-refractivity contribution in [3.8, 4) is 5.75 Å². The van der Waals surface area contributed by atoms with Gasteiger partial charge in [-0.1, -0.05) is 39.0 Å². The molecular formula is C29H38N4O2. The van der Waals surface area contributed by atoms with Crippen molar-refractivity contribution in [1.29, 1.82) is 0 Å². The average molecular weight is 475 g/mol. The van der Waals surface area contributed by atoms with E-state index in [9.17, 15) is 4.79 Å². The Morgan fingerprint density at radius 2 is 1.69 bits per heavy atom. The number of nitrogens with one attached hydrogen (secondary N) is 2. The number of rotatable bonds is 6. The number of ether oxygens (including phenoxy) is 1. The van der Waals surface area contributed by atoms with Crippen molar-refractivity contribution in [2.45, 2.75) is 64.0 Å². The molecule has 1 saturated carbocycles. The second kappa shape index (κ2) is 10.1. The summed E-state index contributed by atoms with van der Waals surface area (Å²) in [6.45, 7) is 6.60. The molecule has 0 atom stereocenters. The zero-order valence-electron chi connectivity index (χ0n) is 21.8. The monoisotopic (exact) mass is 474 g/mol. The molecule has 1 aliphatic rings. The first-order chi connectivity index (χ1) is 16.7. The lowest BCUT2D eigenvalue weighted by atomic mass is 9.89. The van der Waals surface area contributed by atoms with Gasteiger partial charge in [0.15, 0.2) is 0 Å². The van der Waals surface area contributed by atoms with E-state index in [1.165, 1.54) is 0 Å². The predicted molar refractivity (Wildman–Crippen MR) is 145 cm³/mol. The zero-order chi connectivity index (χ0) is 25.2. The number of para-hydroxylation sites is 1. The summed E-state index contributed by atoms with van der Waals surface area (Å²) in [4.78, 5) is 19.8. The molecule has 0 bridgehead atoms. The first-order valence-corrected chi connectivity index (χ1v) is 12.5. The quantitative estimate of drug-likeness (QED) is 0.475. The summed E-state index contributed by atoms with van der Waals surface area (Å²) in [6.07, 6.45) is 3.93. The molecular weight excluding hydrogens is 436 g/mol. The van der Waals surface area contributed by atoms with Gasteiger partial charge in [0.25, 0.3) is 5.91 Å². The van der Waals surface area contributed by atoms with Crippen LogP contribution < -0.4 is 20.3 Å². The number of hydrogen-bond donors (Lipinski definition) is 2. The topological polar surface area (TPSA) is 66.5 Å². The molecule has 2 aromatic carbocycles. The molecule has 1 fully saturated rings. The van der Waals surface area contributed by atoms with Gasteiger partial charge in [-0.15, -0.1) is 0 Å². The Morgan fingerprint density at radius 3 is 2.34 bits per heavy atom. The van der Waals surface area contributed by atoms with E-state index in [0.29, 0.717) is 11.6 Å². The van der Waals surface area contributed by atoms with Crippen molar-refractivity contribution < 1.29 is 9.53 Å². The molecule has 0 spiro atoms. The van der Waals surface area contributed by atoms with Crippen molar-refractivity contribution in [2.24, 2.45) is 0 Å². The van der Waals surface area contributed by atoms with Gasteiger partial charge in [0.2, 0.25) is 0 Å². The molecule has 6 nitrogen and oxygen atoms in total. The van der Waals surface area contributed by atoms with Crippen molar-refractivity contribution >= 4 is 28.2 Å². The van der Waals surface area contributed by atoms with Gasteiger partial charge in [-0.25, -0.2) is 0 Å². The van der Waals surface area contributed by atoms with Crippen LogP contribution in [0.2, 0.25) is 0 Å². The number of benzene rings is 2. The molecule has 35 heavy (non-hydrogen) atoms. The van der Waals surface area contributed by atoms with Gasteiger partial charge in [0, 0.05) is 53.9 Å². The Hall–Kier alpha value is -3.28. The molecule has 4 rings (SSSR count). The molecule has 0 radical (unpaired) electrons. The van der Waals surface area contributed by atoms with Gasteiger partial charge in [0.05, 0.1) is 18.3 Å². The summed E-state index contributed by atoms with van der Waals surface area (Å²) in [7, 11) is 5.54. The maximum atomic E-state index is 12.9. The number of nitrogens with zero attached hydrogens (tertiary/aromatic N) is 2. The molecule has 1 aromatic heterocycles. The van der Waals surface area contributed by atoms with Crippen molar-refractivity contribution in [3.05, 3.63) is 59.8 Å². The summed E-state index contributed by atoms with van der Waals surface area (Å²) in [5.41, 5.74) is 4.81. The molecule has 2 N–H and O–H groups in total. The standard InChI is InChI=1S/C29H38N4O2/c1-29(2,3)27-18-24(22-9-7-8-10-23(22)32-27)30-20-12-14-21(15-13-20)31-28(34)19-11-16-26(35-6)25(17-19)33(4)5/h7-11,16-18,20-21H,12-15H2,1-6H3,(H,30,32)(H,31,34). The van der Waals surface area contributed by atoms with E-state index in [1.807, 2.05) is 43.3 Å². The maximum absolute atomic E-state index is 12.9. The van der Waals surface area contributed by atoms with Gasteiger partial charge in [-0.3, -0.25) is 9.78 Å². The third kappa shape index (κ3) is 5.69. The van der Waals surface area contributed by atoms with E-state index in [4.69, 9.17) is 9.72 Å². The van der Waals surface area contributed by atoms with Crippen LogP contribution in [0, 0.1) is 0 Å². The van der Waals surface area contributed by atoms with Crippen LogP contribution in [0.3, 0.4) is 0 Å². The summed E-state index contributed by atoms with van der Waals surface area (Å²) < 4.78 is 5.42. The number of fused-ring (bicyclic) bond motifs is 1. The third-order valence-corrected chi connectivity index (χ3v) is 6.83. The van der Waals surface area contributed by atoms with E-state index >= 15 is 0 Å². The van der Waals surface area contributed by atoms with Crippen LogP contribution in [0.1, 0.15) is 62.5 Å². The molecule has 0 saturated heterocycles. The summed E-state index contributed by atoms with van der Waals surface area (Å²) in [6, 6.07) is 16.7. The summed E-state index contributed by atoms with van der Waals surface area (Å²) in [5.74, 6) is 0.735. The fraction of sp³-hybridized carbons (Fsp3) is 0.448. The number of carbonyl (C=O) groups is 1. The van der Waals surface area contributed by atoms with E-state index in [2.05, 4.69) is 55.7 Å². The lowest BCUT2D eigenvalue weighted by Gasteiger charge is -2.31. The Kier molecular flexibility index (Phi) is 7.20. The predicted octanol–water partition coefficient (Wildman–Crippen LogP) is 5.76. The largest absolute Gasteiger partial charge is 0.495 e. The highest BCUT2D eigenvalue weighted by Gasteiger charge is 2.25.